The van der Waals surface area contributed by atoms with Crippen LogP contribution in [0.15, 0.2) is 36.4 Å². The van der Waals surface area contributed by atoms with Crippen LogP contribution in [0.3, 0.4) is 0 Å². The van der Waals surface area contributed by atoms with Crippen LogP contribution < -0.4 is 5.73 Å². The van der Waals surface area contributed by atoms with Gasteiger partial charge in [0.25, 0.3) is 5.91 Å². The third kappa shape index (κ3) is 3.72. The van der Waals surface area contributed by atoms with E-state index >= 15 is 0 Å². The highest BCUT2D eigenvalue weighted by molar-refractivity contribution is 6.06. The smallest absolute Gasteiger partial charge is 0.254 e. The maximum absolute atomic E-state index is 13.3. The van der Waals surface area contributed by atoms with Crippen LogP contribution in [-0.4, -0.2) is 44.7 Å². The third-order valence-corrected chi connectivity index (χ3v) is 5.21. The molecule has 0 radical (unpaired) electrons. The highest BCUT2D eigenvalue weighted by Crippen LogP contribution is 2.29. The molecule has 1 amide bonds. The molecule has 2 N–H and O–H groups in total. The molecule has 4 rings (SSSR count). The van der Waals surface area contributed by atoms with Gasteiger partial charge < -0.3 is 10.6 Å². The summed E-state index contributed by atoms with van der Waals surface area (Å²) in [6, 6.07) is 12.0. The molecule has 0 unspecified atom stereocenters. The second-order valence-electron chi connectivity index (χ2n) is 7.11. The van der Waals surface area contributed by atoms with Gasteiger partial charge in [0.2, 0.25) is 0 Å². The Morgan fingerprint density at radius 1 is 1.14 bits per heavy atom. The number of hydrogen-bond acceptors (Lipinski definition) is 4. The number of carbonyl (C=O) groups excluding carboxylic acids is 1. The van der Waals surface area contributed by atoms with Crippen molar-refractivity contribution < 1.29 is 4.79 Å². The Morgan fingerprint density at radius 2 is 1.82 bits per heavy atom. The second-order valence-corrected chi connectivity index (χ2v) is 7.11. The van der Waals surface area contributed by atoms with E-state index in [2.05, 4.69) is 22.2 Å². The molecule has 28 heavy (non-hydrogen) atoms. The SMILES string of the molecule is Cc1cc(C(=O)N2C[C@@H](N)[C@H](c3ccccc3)C2)c2c(C)nn(C)c2n1.Cl.Cl. The van der Waals surface area contributed by atoms with Gasteiger partial charge in [0.05, 0.1) is 16.6 Å². The molecule has 6 nitrogen and oxygen atoms in total. The minimum atomic E-state index is -0.0604. The number of hydrogen-bond donors (Lipinski definition) is 1. The summed E-state index contributed by atoms with van der Waals surface area (Å²) in [4.78, 5) is 19.7. The Balaban J connectivity index is 0.00000140. The summed E-state index contributed by atoms with van der Waals surface area (Å²) in [6.07, 6.45) is 0. The molecule has 1 aliphatic rings. The summed E-state index contributed by atoms with van der Waals surface area (Å²) in [5.74, 6) is 0.166. The fourth-order valence-corrected chi connectivity index (χ4v) is 3.96. The Hall–Kier alpha value is -2.15. The normalized spacial score (nSPS) is 18.6. The number of halogens is 2. The van der Waals surface area contributed by atoms with Crippen molar-refractivity contribution in [3.05, 3.63) is 58.9 Å². The Kier molecular flexibility index (Phi) is 6.70. The van der Waals surface area contributed by atoms with Gasteiger partial charge in [0.1, 0.15) is 0 Å². The predicted octanol–water partition coefficient (Wildman–Crippen LogP) is 3.00. The molecule has 8 heteroatoms. The van der Waals surface area contributed by atoms with Crippen molar-refractivity contribution in [1.29, 1.82) is 0 Å². The number of fused-ring (bicyclic) bond motifs is 1. The van der Waals surface area contributed by atoms with Gasteiger partial charge in [-0.1, -0.05) is 30.3 Å². The summed E-state index contributed by atoms with van der Waals surface area (Å²) >= 11 is 0. The molecule has 0 spiro atoms. The minimum absolute atomic E-state index is 0. The van der Waals surface area contributed by atoms with Crippen molar-refractivity contribution in [3.8, 4) is 0 Å². The Morgan fingerprint density at radius 3 is 2.50 bits per heavy atom. The van der Waals surface area contributed by atoms with Crippen molar-refractivity contribution in [2.75, 3.05) is 13.1 Å². The second kappa shape index (κ2) is 8.47. The Bertz CT molecular complexity index is 989. The molecule has 1 fully saturated rings. The van der Waals surface area contributed by atoms with Crippen molar-refractivity contribution in [2.45, 2.75) is 25.8 Å². The van der Waals surface area contributed by atoms with E-state index in [4.69, 9.17) is 5.73 Å². The Labute approximate surface area is 176 Å². The molecule has 0 aliphatic carbocycles. The van der Waals surface area contributed by atoms with Crippen LogP contribution in [0.25, 0.3) is 11.0 Å². The molecule has 3 heterocycles. The van der Waals surface area contributed by atoms with Crippen molar-refractivity contribution in [3.63, 3.8) is 0 Å². The van der Waals surface area contributed by atoms with Gasteiger partial charge in [0.15, 0.2) is 5.65 Å². The maximum Gasteiger partial charge on any atom is 0.254 e. The molecule has 3 aromatic rings. The first-order chi connectivity index (χ1) is 12.5. The zero-order chi connectivity index (χ0) is 18.4. The maximum atomic E-state index is 13.3. The molecule has 1 saturated heterocycles. The van der Waals surface area contributed by atoms with Gasteiger partial charge in [-0.2, -0.15) is 5.10 Å². The quantitative estimate of drug-likeness (QED) is 0.689. The predicted molar refractivity (Wildman–Crippen MR) is 116 cm³/mol. The van der Waals surface area contributed by atoms with Gasteiger partial charge in [-0.05, 0) is 25.5 Å². The lowest BCUT2D eigenvalue weighted by Gasteiger charge is -2.17. The topological polar surface area (TPSA) is 77.0 Å². The van der Waals surface area contributed by atoms with Crippen molar-refractivity contribution in [2.24, 2.45) is 12.8 Å². The van der Waals surface area contributed by atoms with Gasteiger partial charge in [-0.25, -0.2) is 4.98 Å². The molecule has 2 aromatic heterocycles. The van der Waals surface area contributed by atoms with Gasteiger partial charge >= 0.3 is 0 Å². The number of nitrogens with two attached hydrogens (primary N) is 1. The van der Waals surface area contributed by atoms with Crippen LogP contribution in [0, 0.1) is 13.8 Å². The van der Waals surface area contributed by atoms with Crippen LogP contribution in [0.1, 0.15) is 33.2 Å². The number of rotatable bonds is 2. The number of nitrogens with zero attached hydrogens (tertiary/aromatic N) is 4. The van der Waals surface area contributed by atoms with Crippen LogP contribution >= 0.6 is 24.8 Å². The van der Waals surface area contributed by atoms with Crippen LogP contribution in [0.4, 0.5) is 0 Å². The fourth-order valence-electron chi connectivity index (χ4n) is 3.96. The van der Waals surface area contributed by atoms with E-state index in [1.54, 1.807) is 4.68 Å². The van der Waals surface area contributed by atoms with E-state index in [0.29, 0.717) is 18.7 Å². The standard InChI is InChI=1S/C20H23N5O.2ClH/c1-12-9-15(18-13(2)23-24(3)19(18)22-12)20(26)25-10-16(17(21)11-25)14-7-5-4-6-8-14;;/h4-9,16-17H,10-11,21H2,1-3H3;2*1H/t16-,17+;;/m0../s1. The van der Waals surface area contributed by atoms with Gasteiger partial charge in [0, 0.05) is 37.8 Å². The van der Waals surface area contributed by atoms with E-state index in [1.807, 2.05) is 50.1 Å². The highest BCUT2D eigenvalue weighted by Gasteiger charge is 2.35. The third-order valence-electron chi connectivity index (χ3n) is 5.21. The van der Waals surface area contributed by atoms with E-state index < -0.39 is 0 Å². The largest absolute Gasteiger partial charge is 0.336 e. The van der Waals surface area contributed by atoms with E-state index in [-0.39, 0.29) is 42.7 Å². The number of aromatic nitrogens is 3. The first kappa shape index (κ1) is 22.1. The first-order valence-corrected chi connectivity index (χ1v) is 8.86. The average molecular weight is 422 g/mol. The van der Waals surface area contributed by atoms with Gasteiger partial charge in [-0.15, -0.1) is 24.8 Å². The average Bonchev–Trinajstić information content (AvgIpc) is 3.14. The molecule has 0 saturated carbocycles. The molecular weight excluding hydrogens is 397 g/mol. The monoisotopic (exact) mass is 421 g/mol. The molecule has 2 atom stereocenters. The zero-order valence-corrected chi connectivity index (χ0v) is 17.8. The number of likely N-dealkylation sites (tertiary alicyclic amines) is 1. The molecular formula is C20H25Cl2N5O. The lowest BCUT2D eigenvalue weighted by atomic mass is 9.95. The first-order valence-electron chi connectivity index (χ1n) is 8.86. The lowest BCUT2D eigenvalue weighted by molar-refractivity contribution is 0.0791. The number of aryl methyl sites for hydroxylation is 3. The molecule has 1 aliphatic heterocycles. The van der Waals surface area contributed by atoms with E-state index in [1.165, 1.54) is 5.56 Å². The summed E-state index contributed by atoms with van der Waals surface area (Å²) < 4.78 is 1.73. The van der Waals surface area contributed by atoms with Crippen molar-refractivity contribution in [1.82, 2.24) is 19.7 Å². The fraction of sp³-hybridized carbons (Fsp3) is 0.350. The van der Waals surface area contributed by atoms with E-state index in [0.717, 1.165) is 22.4 Å². The zero-order valence-electron chi connectivity index (χ0n) is 16.1. The number of benzene rings is 1. The van der Waals surface area contributed by atoms with E-state index in [9.17, 15) is 4.79 Å². The molecule has 150 valence electrons. The van der Waals surface area contributed by atoms with Crippen LogP contribution in [0.5, 0.6) is 0 Å². The number of amides is 1. The van der Waals surface area contributed by atoms with Crippen LogP contribution in [0.2, 0.25) is 0 Å². The molecule has 0 bridgehead atoms. The summed E-state index contributed by atoms with van der Waals surface area (Å²) in [5.41, 5.74) is 10.6. The summed E-state index contributed by atoms with van der Waals surface area (Å²) in [7, 11) is 1.85. The van der Waals surface area contributed by atoms with Gasteiger partial charge in [-0.3, -0.25) is 9.48 Å². The number of pyridine rings is 1. The molecule has 1 aromatic carbocycles. The summed E-state index contributed by atoms with van der Waals surface area (Å²) in [5, 5.41) is 5.27. The minimum Gasteiger partial charge on any atom is -0.336 e. The lowest BCUT2D eigenvalue weighted by Crippen LogP contribution is -2.32. The highest BCUT2D eigenvalue weighted by atomic mass is 35.5. The van der Waals surface area contributed by atoms with Crippen LogP contribution in [-0.2, 0) is 7.05 Å². The summed E-state index contributed by atoms with van der Waals surface area (Å²) in [6.45, 7) is 5.01. The van der Waals surface area contributed by atoms with Crippen molar-refractivity contribution >= 4 is 41.8 Å². The number of carbonyl (C=O) groups is 1.